The van der Waals surface area contributed by atoms with Gasteiger partial charge in [0.1, 0.15) is 46.2 Å². The van der Waals surface area contributed by atoms with E-state index in [2.05, 4.69) is 6.92 Å². The van der Waals surface area contributed by atoms with E-state index in [1.54, 1.807) is 6.07 Å². The van der Waals surface area contributed by atoms with Gasteiger partial charge in [0.15, 0.2) is 0 Å². The van der Waals surface area contributed by atoms with Gasteiger partial charge in [-0.1, -0.05) is 62.9 Å². The minimum absolute atomic E-state index is 0.0142. The highest BCUT2D eigenvalue weighted by molar-refractivity contribution is 6.10. The van der Waals surface area contributed by atoms with Gasteiger partial charge in [-0.05, 0) is 40.6 Å². The number of carbonyl (C=O) groups excluding carboxylic acids is 1. The molecule has 0 N–H and O–H groups in total. The molecule has 0 fully saturated rings. The minimum atomic E-state index is -1.45. The van der Waals surface area contributed by atoms with Gasteiger partial charge in [0.25, 0.3) is 0 Å². The van der Waals surface area contributed by atoms with Crippen molar-refractivity contribution in [2.24, 2.45) is 0 Å². The highest BCUT2D eigenvalue weighted by Gasteiger charge is 2.24. The van der Waals surface area contributed by atoms with Crippen LogP contribution in [0.15, 0.2) is 48.5 Å². The van der Waals surface area contributed by atoms with E-state index in [1.807, 2.05) is 18.2 Å². The lowest BCUT2D eigenvalue weighted by molar-refractivity contribution is 0.0724. The Morgan fingerprint density at radius 2 is 1.53 bits per heavy atom. The number of nitrogens with zero attached hydrogens (tertiary/aromatic N) is 1. The van der Waals surface area contributed by atoms with Crippen molar-refractivity contribution in [3.63, 3.8) is 0 Å². The van der Waals surface area contributed by atoms with Crippen molar-refractivity contribution in [3.05, 3.63) is 88.5 Å². The van der Waals surface area contributed by atoms with Gasteiger partial charge in [-0.2, -0.15) is 5.26 Å². The van der Waals surface area contributed by atoms with Crippen LogP contribution in [0.3, 0.4) is 0 Å². The Bertz CT molecular complexity index is 1480. The van der Waals surface area contributed by atoms with Crippen molar-refractivity contribution in [2.45, 2.75) is 45.4 Å². The van der Waals surface area contributed by atoms with E-state index in [0.717, 1.165) is 36.3 Å². The first-order valence-corrected chi connectivity index (χ1v) is 11.8. The van der Waals surface area contributed by atoms with E-state index >= 15 is 4.39 Å². The Labute approximate surface area is 205 Å². The topological polar surface area (TPSA) is 50.1 Å². The number of hydrogen-bond donors (Lipinski definition) is 0. The number of benzene rings is 4. The molecule has 7 heteroatoms. The van der Waals surface area contributed by atoms with Crippen molar-refractivity contribution in [2.75, 3.05) is 0 Å². The number of fused-ring (bicyclic) bond motifs is 3. The predicted molar refractivity (Wildman–Crippen MR) is 130 cm³/mol. The van der Waals surface area contributed by atoms with Gasteiger partial charge in [-0.25, -0.2) is 22.4 Å². The SMILES string of the molecule is CCCCCCCc1ccc2c(ccc3c(F)c(C(=O)Oc4cc(F)c(C#N)c(F)c4)c(F)cc32)c1. The largest absolute Gasteiger partial charge is 0.423 e. The molecule has 0 atom stereocenters. The van der Waals surface area contributed by atoms with Crippen LogP contribution in [-0.4, -0.2) is 5.97 Å². The molecule has 0 heterocycles. The predicted octanol–water partition coefficient (Wildman–Crippen LogP) is 8.15. The van der Waals surface area contributed by atoms with E-state index in [1.165, 1.54) is 31.4 Å². The Morgan fingerprint density at radius 3 is 2.22 bits per heavy atom. The van der Waals surface area contributed by atoms with E-state index in [4.69, 9.17) is 10.00 Å². The maximum Gasteiger partial charge on any atom is 0.349 e. The number of ether oxygens (including phenoxy) is 1. The van der Waals surface area contributed by atoms with Crippen LogP contribution in [0.4, 0.5) is 17.6 Å². The normalized spacial score (nSPS) is 11.1. The minimum Gasteiger partial charge on any atom is -0.423 e. The molecule has 4 aromatic rings. The highest BCUT2D eigenvalue weighted by Crippen LogP contribution is 2.32. The Hall–Kier alpha value is -3.92. The first-order valence-electron chi connectivity index (χ1n) is 11.8. The molecule has 36 heavy (non-hydrogen) atoms. The van der Waals surface area contributed by atoms with Crippen molar-refractivity contribution >= 4 is 27.5 Å². The molecule has 184 valence electrons. The molecular weight excluding hydrogens is 470 g/mol. The van der Waals surface area contributed by atoms with Crippen LogP contribution >= 0.6 is 0 Å². The lowest BCUT2D eigenvalue weighted by atomic mass is 9.96. The Balaban J connectivity index is 1.64. The highest BCUT2D eigenvalue weighted by atomic mass is 19.1. The third-order valence-corrected chi connectivity index (χ3v) is 6.20. The third-order valence-electron chi connectivity index (χ3n) is 6.20. The summed E-state index contributed by atoms with van der Waals surface area (Å²) in [6.07, 6.45) is 6.75. The maximum atomic E-state index is 15.3. The second-order valence-electron chi connectivity index (χ2n) is 8.69. The Morgan fingerprint density at radius 1 is 0.833 bits per heavy atom. The van der Waals surface area contributed by atoms with Crippen LogP contribution in [0.2, 0.25) is 0 Å². The molecule has 4 aromatic carbocycles. The third kappa shape index (κ3) is 5.03. The second-order valence-corrected chi connectivity index (χ2v) is 8.69. The fourth-order valence-electron chi connectivity index (χ4n) is 4.34. The first kappa shape index (κ1) is 25.2. The average Bonchev–Trinajstić information content (AvgIpc) is 2.83. The molecule has 0 radical (unpaired) electrons. The second kappa shape index (κ2) is 10.8. The zero-order valence-corrected chi connectivity index (χ0v) is 19.6. The number of rotatable bonds is 8. The monoisotopic (exact) mass is 493 g/mol. The fourth-order valence-corrected chi connectivity index (χ4v) is 4.34. The molecule has 0 amide bonds. The summed E-state index contributed by atoms with van der Waals surface area (Å²) in [7, 11) is 0. The summed E-state index contributed by atoms with van der Waals surface area (Å²) < 4.78 is 62.7. The summed E-state index contributed by atoms with van der Waals surface area (Å²) in [5, 5.41) is 10.5. The van der Waals surface area contributed by atoms with E-state index < -0.39 is 46.1 Å². The summed E-state index contributed by atoms with van der Waals surface area (Å²) in [5.74, 6) is -6.88. The van der Waals surface area contributed by atoms with E-state index in [0.29, 0.717) is 22.9 Å². The van der Waals surface area contributed by atoms with E-state index in [9.17, 15) is 18.0 Å². The van der Waals surface area contributed by atoms with Gasteiger partial charge in [0, 0.05) is 17.5 Å². The number of aryl methyl sites for hydroxylation is 1. The quantitative estimate of drug-likeness (QED) is 0.0818. The summed E-state index contributed by atoms with van der Waals surface area (Å²) in [5.41, 5.74) is -0.693. The number of esters is 1. The maximum absolute atomic E-state index is 15.3. The van der Waals surface area contributed by atoms with Gasteiger partial charge < -0.3 is 4.74 Å². The van der Waals surface area contributed by atoms with Gasteiger partial charge in [-0.15, -0.1) is 0 Å². The molecule has 0 aliphatic carbocycles. The first-order chi connectivity index (χ1) is 17.3. The zero-order valence-electron chi connectivity index (χ0n) is 19.6. The molecule has 0 unspecified atom stereocenters. The molecule has 0 saturated heterocycles. The van der Waals surface area contributed by atoms with Gasteiger partial charge >= 0.3 is 5.97 Å². The van der Waals surface area contributed by atoms with Crippen LogP contribution < -0.4 is 4.74 Å². The molecule has 0 spiro atoms. The van der Waals surface area contributed by atoms with E-state index in [-0.39, 0.29) is 5.39 Å². The van der Waals surface area contributed by atoms with Crippen molar-refractivity contribution < 1.29 is 27.1 Å². The van der Waals surface area contributed by atoms with Gasteiger partial charge in [0.05, 0.1) is 0 Å². The lowest BCUT2D eigenvalue weighted by Crippen LogP contribution is -2.14. The molecule has 0 aromatic heterocycles. The molecule has 0 saturated carbocycles. The number of carbonyl (C=O) groups is 1. The van der Waals surface area contributed by atoms with Crippen LogP contribution in [0.5, 0.6) is 5.75 Å². The van der Waals surface area contributed by atoms with Crippen LogP contribution in [0.1, 0.15) is 60.5 Å². The van der Waals surface area contributed by atoms with Crippen LogP contribution in [-0.2, 0) is 6.42 Å². The molecule has 4 rings (SSSR count). The van der Waals surface area contributed by atoms with Crippen LogP contribution in [0.25, 0.3) is 21.5 Å². The molecule has 3 nitrogen and oxygen atoms in total. The number of nitriles is 1. The average molecular weight is 494 g/mol. The summed E-state index contributed by atoms with van der Waals surface area (Å²) in [6, 6.07) is 12.5. The van der Waals surface area contributed by atoms with Crippen LogP contribution in [0, 0.1) is 34.6 Å². The standard InChI is InChI=1S/C29H23F4NO2/c1-2-3-4-5-6-7-17-8-10-20-18(12-17)9-11-21-22(20)15-26(32)27(28(21)33)29(35)36-19-13-24(30)23(16-34)25(31)14-19/h8-15H,2-7H2,1H3. The summed E-state index contributed by atoms with van der Waals surface area (Å²) in [4.78, 5) is 12.5. The Kier molecular flexibility index (Phi) is 7.54. The number of unbranched alkanes of at least 4 members (excludes halogenated alkanes) is 4. The van der Waals surface area contributed by atoms with Gasteiger partial charge in [0.2, 0.25) is 0 Å². The zero-order chi connectivity index (χ0) is 25.8. The fraction of sp³-hybridized carbons (Fsp3) is 0.241. The molecule has 0 aliphatic heterocycles. The molecule has 0 bridgehead atoms. The van der Waals surface area contributed by atoms with Crippen molar-refractivity contribution in [3.8, 4) is 11.8 Å². The van der Waals surface area contributed by atoms with Gasteiger partial charge in [-0.3, -0.25) is 0 Å². The molecule has 0 aliphatic rings. The number of halogens is 4. The molecular formula is C29H23F4NO2. The van der Waals surface area contributed by atoms with Crippen molar-refractivity contribution in [1.29, 1.82) is 5.26 Å². The summed E-state index contributed by atoms with van der Waals surface area (Å²) in [6.45, 7) is 2.17. The summed E-state index contributed by atoms with van der Waals surface area (Å²) >= 11 is 0. The van der Waals surface area contributed by atoms with Crippen molar-refractivity contribution in [1.82, 2.24) is 0 Å². The number of hydrogen-bond acceptors (Lipinski definition) is 3. The smallest absolute Gasteiger partial charge is 0.349 e. The lowest BCUT2D eigenvalue weighted by Gasteiger charge is -2.12.